The minimum absolute atomic E-state index is 0.515. The van der Waals surface area contributed by atoms with Crippen LogP contribution in [0.4, 0.5) is 4.39 Å². The summed E-state index contributed by atoms with van der Waals surface area (Å²) in [6.45, 7) is 0. The summed E-state index contributed by atoms with van der Waals surface area (Å²) in [4.78, 5) is 8.42. The maximum atomic E-state index is 13.7. The molecule has 0 atom stereocenters. The van der Waals surface area contributed by atoms with Gasteiger partial charge in [0.25, 0.3) is 0 Å². The van der Waals surface area contributed by atoms with Crippen molar-refractivity contribution in [1.82, 2.24) is 9.97 Å². The van der Waals surface area contributed by atoms with Crippen LogP contribution in [0.25, 0.3) is 33.6 Å². The smallest absolute Gasteiger partial charge is 0.213 e. The van der Waals surface area contributed by atoms with Crippen LogP contribution in [0.5, 0.6) is 0 Å². The molecule has 24 heavy (non-hydrogen) atoms. The van der Waals surface area contributed by atoms with Gasteiger partial charge in [0.15, 0.2) is 0 Å². The largest absolute Gasteiger partial charge is 0.247 e. The number of hydrogen-bond acceptors (Lipinski definition) is 2. The van der Waals surface area contributed by atoms with Crippen molar-refractivity contribution in [2.75, 3.05) is 0 Å². The molecule has 0 spiro atoms. The van der Waals surface area contributed by atoms with Gasteiger partial charge in [0.2, 0.25) is 5.95 Å². The lowest BCUT2D eigenvalue weighted by Gasteiger charge is -2.06. The van der Waals surface area contributed by atoms with E-state index < -0.39 is 5.95 Å². The van der Waals surface area contributed by atoms with Gasteiger partial charge in [-0.1, -0.05) is 48.0 Å². The van der Waals surface area contributed by atoms with E-state index in [1.54, 1.807) is 6.07 Å². The van der Waals surface area contributed by atoms with E-state index in [1.165, 1.54) is 12.3 Å². The van der Waals surface area contributed by atoms with Crippen LogP contribution in [0.3, 0.4) is 0 Å². The molecule has 0 N–H and O–H groups in total. The van der Waals surface area contributed by atoms with Gasteiger partial charge in [-0.05, 0) is 29.8 Å². The molecule has 1 aliphatic heterocycles. The van der Waals surface area contributed by atoms with Gasteiger partial charge in [0.1, 0.15) is 0 Å². The number of nitrogens with zero attached hydrogens (tertiary/aromatic N) is 2. The minimum atomic E-state index is -0.515. The lowest BCUT2D eigenvalue weighted by Crippen LogP contribution is -1.86. The molecule has 0 saturated heterocycles. The van der Waals surface area contributed by atoms with Crippen LogP contribution in [-0.4, -0.2) is 9.97 Å². The number of fused-ring (bicyclic) bond motifs is 1. The van der Waals surface area contributed by atoms with Crippen molar-refractivity contribution in [3.63, 3.8) is 0 Å². The molecule has 2 heterocycles. The highest BCUT2D eigenvalue weighted by atomic mass is 35.5. The summed E-state index contributed by atoms with van der Waals surface area (Å²) in [6, 6.07) is 20.5. The Morgan fingerprint density at radius 2 is 1.71 bits per heavy atom. The monoisotopic (exact) mass is 334 g/mol. The summed E-state index contributed by atoms with van der Waals surface area (Å²) in [7, 11) is 0. The molecular formula is C20H12ClFN2. The van der Waals surface area contributed by atoms with Gasteiger partial charge in [0.05, 0.1) is 11.4 Å². The Morgan fingerprint density at radius 3 is 2.54 bits per heavy atom. The zero-order chi connectivity index (χ0) is 16.5. The van der Waals surface area contributed by atoms with Crippen LogP contribution >= 0.6 is 11.6 Å². The van der Waals surface area contributed by atoms with E-state index in [0.29, 0.717) is 5.02 Å². The van der Waals surface area contributed by atoms with E-state index in [2.05, 4.69) is 4.98 Å². The maximum absolute atomic E-state index is 13.7. The topological polar surface area (TPSA) is 25.8 Å². The first-order chi connectivity index (χ1) is 11.7. The summed E-state index contributed by atoms with van der Waals surface area (Å²) in [5.41, 5.74) is 5.11. The summed E-state index contributed by atoms with van der Waals surface area (Å²) in [6.07, 6.45) is 1.47. The number of pyridine rings is 1. The maximum Gasteiger partial charge on any atom is 0.213 e. The molecule has 2 aromatic rings. The molecular weight excluding hydrogens is 323 g/mol. The van der Waals surface area contributed by atoms with E-state index >= 15 is 0 Å². The Hall–Kier alpha value is -2.78. The Morgan fingerprint density at radius 1 is 0.833 bits per heavy atom. The third-order valence-electron chi connectivity index (χ3n) is 3.87. The van der Waals surface area contributed by atoms with Crippen LogP contribution < -0.4 is 0 Å². The molecule has 1 aromatic carbocycles. The van der Waals surface area contributed by atoms with Gasteiger partial charge in [0, 0.05) is 34.0 Å². The Bertz CT molecular complexity index is 1000. The van der Waals surface area contributed by atoms with Crippen molar-refractivity contribution in [2.45, 2.75) is 0 Å². The standard InChI is InChI=1S/C20H12ClFN2/c21-15-6-4-5-14(11-15)20-19(13-9-10-23-18(22)12-13)16-7-2-1-3-8-17(16)24-20/h1-12H. The fourth-order valence-corrected chi connectivity index (χ4v) is 3.04. The van der Waals surface area contributed by atoms with Gasteiger partial charge < -0.3 is 0 Å². The van der Waals surface area contributed by atoms with E-state index in [-0.39, 0.29) is 0 Å². The number of rotatable bonds is 2. The second-order valence-corrected chi connectivity index (χ2v) is 5.86. The molecule has 0 radical (unpaired) electrons. The van der Waals surface area contributed by atoms with Crippen LogP contribution in [-0.2, 0) is 0 Å². The number of halogens is 2. The van der Waals surface area contributed by atoms with Gasteiger partial charge in [-0.25, -0.2) is 9.97 Å². The fourth-order valence-electron chi connectivity index (χ4n) is 2.85. The molecule has 1 aromatic heterocycles. The lowest BCUT2D eigenvalue weighted by atomic mass is 9.98. The first-order valence-electron chi connectivity index (χ1n) is 7.49. The Kier molecular flexibility index (Phi) is 3.71. The predicted molar refractivity (Wildman–Crippen MR) is 94.5 cm³/mol. The summed E-state index contributed by atoms with van der Waals surface area (Å²) in [5, 5.41) is 0.636. The van der Waals surface area contributed by atoms with Crippen LogP contribution in [0.2, 0.25) is 5.02 Å². The second-order valence-electron chi connectivity index (χ2n) is 5.42. The second kappa shape index (κ2) is 6.02. The summed E-state index contributed by atoms with van der Waals surface area (Å²) < 4.78 is 13.7. The van der Waals surface area contributed by atoms with Crippen molar-refractivity contribution in [1.29, 1.82) is 0 Å². The van der Waals surface area contributed by atoms with Crippen molar-refractivity contribution in [3.05, 3.63) is 83.9 Å². The lowest BCUT2D eigenvalue weighted by molar-refractivity contribution is 0.584. The molecule has 0 saturated carbocycles. The molecule has 4 rings (SSSR count). The van der Waals surface area contributed by atoms with E-state index in [9.17, 15) is 4.39 Å². The first kappa shape index (κ1) is 14.8. The first-order valence-corrected chi connectivity index (χ1v) is 7.87. The molecule has 0 bridgehead atoms. The quantitative estimate of drug-likeness (QED) is 0.439. The molecule has 116 valence electrons. The normalized spacial score (nSPS) is 10.9. The average Bonchev–Trinajstić information content (AvgIpc) is 2.78. The highest BCUT2D eigenvalue weighted by Gasteiger charge is 2.20. The molecule has 2 aliphatic rings. The van der Waals surface area contributed by atoms with E-state index in [0.717, 1.165) is 33.6 Å². The molecule has 0 unspecified atom stereocenters. The highest BCUT2D eigenvalue weighted by Crippen LogP contribution is 2.41. The number of aromatic nitrogens is 2. The minimum Gasteiger partial charge on any atom is -0.247 e. The SMILES string of the molecule is Fc1cc(-c2c3cccccc-3nc2-c2cccc(Cl)c2)ccn1. The van der Waals surface area contributed by atoms with Gasteiger partial charge in [-0.15, -0.1) is 0 Å². The van der Waals surface area contributed by atoms with Gasteiger partial charge in [-0.3, -0.25) is 0 Å². The van der Waals surface area contributed by atoms with Crippen LogP contribution in [0, 0.1) is 5.95 Å². The van der Waals surface area contributed by atoms with Crippen LogP contribution in [0.1, 0.15) is 0 Å². The molecule has 0 fully saturated rings. The predicted octanol–water partition coefficient (Wildman–Crippen LogP) is 5.71. The summed E-state index contributed by atoms with van der Waals surface area (Å²) in [5.74, 6) is -0.515. The van der Waals surface area contributed by atoms with Gasteiger partial charge in [-0.2, -0.15) is 4.39 Å². The molecule has 0 amide bonds. The van der Waals surface area contributed by atoms with E-state index in [1.807, 2.05) is 54.6 Å². The van der Waals surface area contributed by atoms with E-state index in [4.69, 9.17) is 16.6 Å². The van der Waals surface area contributed by atoms with Crippen LogP contribution in [0.15, 0.2) is 72.9 Å². The third-order valence-corrected chi connectivity index (χ3v) is 4.10. The Balaban J connectivity index is 2.06. The number of hydrogen-bond donors (Lipinski definition) is 0. The highest BCUT2D eigenvalue weighted by molar-refractivity contribution is 6.30. The molecule has 1 aliphatic carbocycles. The third kappa shape index (κ3) is 2.63. The van der Waals surface area contributed by atoms with Crippen molar-refractivity contribution >= 4 is 11.6 Å². The van der Waals surface area contributed by atoms with Crippen molar-refractivity contribution in [3.8, 4) is 33.6 Å². The average molecular weight is 335 g/mol. The molecule has 4 heteroatoms. The van der Waals surface area contributed by atoms with Crippen molar-refractivity contribution in [2.24, 2.45) is 0 Å². The summed E-state index contributed by atoms with van der Waals surface area (Å²) >= 11 is 6.14. The van der Waals surface area contributed by atoms with Crippen molar-refractivity contribution < 1.29 is 4.39 Å². The Labute approximate surface area is 143 Å². The number of benzene rings is 1. The van der Waals surface area contributed by atoms with Gasteiger partial charge >= 0.3 is 0 Å². The zero-order valence-corrected chi connectivity index (χ0v) is 13.3. The fraction of sp³-hybridized carbons (Fsp3) is 0. The molecule has 2 nitrogen and oxygen atoms in total. The zero-order valence-electron chi connectivity index (χ0n) is 12.6.